The van der Waals surface area contributed by atoms with Crippen LogP contribution < -0.4 is 0 Å². The normalized spacial score (nSPS) is 25.8. The molecule has 1 saturated carbocycles. The minimum Gasteiger partial charge on any atom is -0.385 e. The minimum atomic E-state index is -0.607. The smallest absolute Gasteiger partial charge is 0.0924 e. The highest BCUT2D eigenvalue weighted by Gasteiger charge is 2.41. The second-order valence-corrected chi connectivity index (χ2v) is 5.87. The van der Waals surface area contributed by atoms with Crippen LogP contribution in [0.3, 0.4) is 0 Å². The largest absolute Gasteiger partial charge is 0.385 e. The minimum absolute atomic E-state index is 0.407. The lowest BCUT2D eigenvalue weighted by atomic mass is 9.82. The van der Waals surface area contributed by atoms with Gasteiger partial charge in [-0.3, -0.25) is 0 Å². The van der Waals surface area contributed by atoms with Crippen molar-refractivity contribution < 1.29 is 5.11 Å². The van der Waals surface area contributed by atoms with Crippen LogP contribution in [0.1, 0.15) is 38.2 Å². The highest BCUT2D eigenvalue weighted by atomic mass is 16.3. The number of benzene rings is 2. The fraction of sp³-hybridized carbons (Fsp3) is 0.368. The van der Waals surface area contributed by atoms with Crippen molar-refractivity contribution in [3.05, 3.63) is 60.2 Å². The number of hydrogen-bond acceptors (Lipinski definition) is 1. The Labute approximate surface area is 121 Å². The third kappa shape index (κ3) is 2.27. The van der Waals surface area contributed by atoms with Gasteiger partial charge in [0.2, 0.25) is 0 Å². The molecule has 3 rings (SSSR count). The van der Waals surface area contributed by atoms with Gasteiger partial charge < -0.3 is 5.11 Å². The van der Waals surface area contributed by atoms with Gasteiger partial charge in [0, 0.05) is 0 Å². The number of hydrogen-bond donors (Lipinski definition) is 1. The molecule has 1 N–H and O–H groups in total. The van der Waals surface area contributed by atoms with E-state index >= 15 is 0 Å². The summed E-state index contributed by atoms with van der Waals surface area (Å²) in [5.41, 5.74) is 2.92. The molecule has 0 bridgehead atoms. The Kier molecular flexibility index (Phi) is 3.62. The molecular weight excluding hydrogens is 244 g/mol. The molecule has 1 heteroatoms. The van der Waals surface area contributed by atoms with E-state index < -0.39 is 5.60 Å². The van der Waals surface area contributed by atoms with E-state index in [1.165, 1.54) is 11.1 Å². The molecule has 2 aromatic rings. The molecule has 0 spiro atoms. The molecule has 0 amide bonds. The molecule has 0 aliphatic heterocycles. The fourth-order valence-corrected chi connectivity index (χ4v) is 3.56. The summed E-state index contributed by atoms with van der Waals surface area (Å²) in [6.45, 7) is 2.18. The van der Waals surface area contributed by atoms with Crippen LogP contribution in [0.25, 0.3) is 11.1 Å². The Morgan fingerprint density at radius 2 is 1.65 bits per heavy atom. The molecule has 104 valence electrons. The highest BCUT2D eigenvalue weighted by molar-refractivity contribution is 5.63. The Hall–Kier alpha value is -1.60. The molecule has 2 atom stereocenters. The van der Waals surface area contributed by atoms with Gasteiger partial charge in [-0.2, -0.15) is 0 Å². The maximum atomic E-state index is 11.0. The van der Waals surface area contributed by atoms with Crippen LogP contribution in [0.5, 0.6) is 0 Å². The Bertz CT molecular complexity index is 558. The molecule has 0 saturated heterocycles. The van der Waals surface area contributed by atoms with Gasteiger partial charge in [0.1, 0.15) is 0 Å². The van der Waals surface area contributed by atoms with Crippen molar-refractivity contribution >= 4 is 0 Å². The zero-order valence-corrected chi connectivity index (χ0v) is 12.0. The zero-order chi connectivity index (χ0) is 14.0. The third-order valence-corrected chi connectivity index (χ3v) is 4.77. The maximum Gasteiger partial charge on any atom is 0.0924 e. The van der Waals surface area contributed by atoms with E-state index in [-0.39, 0.29) is 0 Å². The summed E-state index contributed by atoms with van der Waals surface area (Å²) in [5.74, 6) is 0.407. The van der Waals surface area contributed by atoms with Crippen LogP contribution in [-0.4, -0.2) is 5.11 Å². The van der Waals surface area contributed by atoms with Crippen LogP contribution in [-0.2, 0) is 5.60 Å². The molecule has 0 aromatic heterocycles. The molecule has 0 heterocycles. The van der Waals surface area contributed by atoms with Gasteiger partial charge in [-0.15, -0.1) is 0 Å². The van der Waals surface area contributed by atoms with E-state index in [0.29, 0.717) is 5.92 Å². The van der Waals surface area contributed by atoms with Crippen molar-refractivity contribution in [2.75, 3.05) is 0 Å². The lowest BCUT2D eigenvalue weighted by molar-refractivity contribution is -0.00385. The van der Waals surface area contributed by atoms with E-state index in [4.69, 9.17) is 0 Å². The first-order chi connectivity index (χ1) is 9.74. The summed E-state index contributed by atoms with van der Waals surface area (Å²) < 4.78 is 0. The van der Waals surface area contributed by atoms with E-state index in [2.05, 4.69) is 55.5 Å². The van der Waals surface area contributed by atoms with Crippen molar-refractivity contribution in [1.29, 1.82) is 0 Å². The molecule has 1 fully saturated rings. The predicted octanol–water partition coefficient (Wildman–Crippen LogP) is 4.75. The van der Waals surface area contributed by atoms with Gasteiger partial charge in [-0.05, 0) is 41.9 Å². The lowest BCUT2D eigenvalue weighted by Gasteiger charge is -2.30. The Morgan fingerprint density at radius 1 is 1.00 bits per heavy atom. The SMILES string of the molecule is CCC1CCCC1(O)c1ccc(-c2ccccc2)cc1. The third-order valence-electron chi connectivity index (χ3n) is 4.77. The highest BCUT2D eigenvalue weighted by Crippen LogP contribution is 2.45. The van der Waals surface area contributed by atoms with Crippen molar-refractivity contribution in [3.8, 4) is 11.1 Å². The molecule has 1 aliphatic carbocycles. The summed E-state index contributed by atoms with van der Waals surface area (Å²) in [4.78, 5) is 0. The summed E-state index contributed by atoms with van der Waals surface area (Å²) >= 11 is 0. The summed E-state index contributed by atoms with van der Waals surface area (Å²) in [6, 6.07) is 18.9. The second kappa shape index (κ2) is 5.41. The van der Waals surface area contributed by atoms with Gasteiger partial charge in [-0.25, -0.2) is 0 Å². The predicted molar refractivity (Wildman–Crippen MR) is 83.4 cm³/mol. The quantitative estimate of drug-likeness (QED) is 0.850. The molecular formula is C19H22O. The molecule has 1 aliphatic rings. The fourth-order valence-electron chi connectivity index (χ4n) is 3.56. The molecule has 20 heavy (non-hydrogen) atoms. The maximum absolute atomic E-state index is 11.0. The average molecular weight is 266 g/mol. The van der Waals surface area contributed by atoms with Gasteiger partial charge in [-0.1, -0.05) is 67.9 Å². The van der Waals surface area contributed by atoms with Crippen molar-refractivity contribution in [2.45, 2.75) is 38.2 Å². The first kappa shape index (κ1) is 13.4. The van der Waals surface area contributed by atoms with E-state index in [0.717, 1.165) is 31.2 Å². The number of aliphatic hydroxyl groups is 1. The van der Waals surface area contributed by atoms with Crippen LogP contribution in [0.4, 0.5) is 0 Å². The standard InChI is InChI=1S/C19H22O/c1-2-17-9-6-14-19(17,20)18-12-10-16(11-13-18)15-7-4-3-5-8-15/h3-5,7-8,10-13,17,20H,2,6,9,14H2,1H3. The van der Waals surface area contributed by atoms with Gasteiger partial charge >= 0.3 is 0 Å². The number of rotatable bonds is 3. The Morgan fingerprint density at radius 3 is 2.30 bits per heavy atom. The molecule has 0 radical (unpaired) electrons. The van der Waals surface area contributed by atoms with Crippen LogP contribution >= 0.6 is 0 Å². The molecule has 1 nitrogen and oxygen atoms in total. The molecule has 2 unspecified atom stereocenters. The van der Waals surface area contributed by atoms with Gasteiger partial charge in [0.15, 0.2) is 0 Å². The van der Waals surface area contributed by atoms with Crippen molar-refractivity contribution in [3.63, 3.8) is 0 Å². The first-order valence-electron chi connectivity index (χ1n) is 7.62. The van der Waals surface area contributed by atoms with Gasteiger partial charge in [0.25, 0.3) is 0 Å². The van der Waals surface area contributed by atoms with Crippen LogP contribution in [0.15, 0.2) is 54.6 Å². The van der Waals surface area contributed by atoms with Gasteiger partial charge in [0.05, 0.1) is 5.60 Å². The van der Waals surface area contributed by atoms with Crippen molar-refractivity contribution in [2.24, 2.45) is 5.92 Å². The van der Waals surface area contributed by atoms with Crippen molar-refractivity contribution in [1.82, 2.24) is 0 Å². The summed E-state index contributed by atoms with van der Waals surface area (Å²) in [6.07, 6.45) is 4.23. The van der Waals surface area contributed by atoms with E-state index in [9.17, 15) is 5.11 Å². The average Bonchev–Trinajstić information content (AvgIpc) is 2.90. The van der Waals surface area contributed by atoms with Crippen LogP contribution in [0, 0.1) is 5.92 Å². The summed E-state index contributed by atoms with van der Waals surface area (Å²) in [7, 11) is 0. The lowest BCUT2D eigenvalue weighted by Crippen LogP contribution is -2.29. The Balaban J connectivity index is 1.90. The molecule has 2 aromatic carbocycles. The second-order valence-electron chi connectivity index (χ2n) is 5.87. The van der Waals surface area contributed by atoms with Crippen LogP contribution in [0.2, 0.25) is 0 Å². The van der Waals surface area contributed by atoms with E-state index in [1.54, 1.807) is 0 Å². The monoisotopic (exact) mass is 266 g/mol. The summed E-state index contributed by atoms with van der Waals surface area (Å²) in [5, 5.41) is 11.0. The van der Waals surface area contributed by atoms with E-state index in [1.807, 2.05) is 6.07 Å². The first-order valence-corrected chi connectivity index (χ1v) is 7.62. The topological polar surface area (TPSA) is 20.2 Å². The zero-order valence-electron chi connectivity index (χ0n) is 12.0.